The molecular formula is C17H22Cl2FN3OS. The number of hydrogen-bond acceptors (Lipinski definition) is 4. The van der Waals surface area contributed by atoms with Crippen LogP contribution >= 0.6 is 36.2 Å². The van der Waals surface area contributed by atoms with E-state index in [-0.39, 0.29) is 42.6 Å². The molecule has 1 aliphatic heterocycles. The number of amides is 1. The van der Waals surface area contributed by atoms with Crippen LogP contribution in [-0.4, -0.2) is 42.0 Å². The van der Waals surface area contributed by atoms with Crippen LogP contribution in [0.3, 0.4) is 0 Å². The molecule has 25 heavy (non-hydrogen) atoms. The lowest BCUT2D eigenvalue weighted by Crippen LogP contribution is -2.41. The van der Waals surface area contributed by atoms with Crippen molar-refractivity contribution in [1.29, 1.82) is 0 Å². The molecule has 1 fully saturated rings. The molecule has 1 N–H and O–H groups in total. The molecule has 2 aromatic rings. The quantitative estimate of drug-likeness (QED) is 0.826. The predicted octanol–water partition coefficient (Wildman–Crippen LogP) is 3.55. The Labute approximate surface area is 163 Å². The van der Waals surface area contributed by atoms with E-state index in [1.165, 1.54) is 23.5 Å². The Hall–Kier alpha value is -1.21. The summed E-state index contributed by atoms with van der Waals surface area (Å²) in [6.07, 6.45) is 2.42. The highest BCUT2D eigenvalue weighted by Gasteiger charge is 2.28. The predicted molar refractivity (Wildman–Crippen MR) is 104 cm³/mol. The molecule has 0 saturated carbocycles. The zero-order chi connectivity index (χ0) is 16.2. The van der Waals surface area contributed by atoms with E-state index in [9.17, 15) is 9.18 Å². The molecule has 1 aromatic heterocycles. The highest BCUT2D eigenvalue weighted by molar-refractivity contribution is 7.13. The van der Waals surface area contributed by atoms with Crippen molar-refractivity contribution in [2.24, 2.45) is 0 Å². The van der Waals surface area contributed by atoms with E-state index in [1.54, 1.807) is 6.07 Å². The van der Waals surface area contributed by atoms with Crippen molar-refractivity contribution in [1.82, 2.24) is 15.2 Å². The van der Waals surface area contributed by atoms with Crippen LogP contribution in [-0.2, 0) is 11.2 Å². The first-order valence-corrected chi connectivity index (χ1v) is 8.70. The Bertz CT molecular complexity index is 698. The summed E-state index contributed by atoms with van der Waals surface area (Å²) in [5.41, 5.74) is 1.51. The summed E-state index contributed by atoms with van der Waals surface area (Å²) in [7, 11) is 1.91. The molecule has 0 spiro atoms. The number of carbonyl (C=O) groups is 1. The Balaban J connectivity index is 0.00000156. The van der Waals surface area contributed by atoms with E-state index in [2.05, 4.69) is 10.3 Å². The van der Waals surface area contributed by atoms with Gasteiger partial charge in [0.1, 0.15) is 10.8 Å². The van der Waals surface area contributed by atoms with Crippen LogP contribution < -0.4 is 5.32 Å². The Morgan fingerprint density at radius 2 is 2.24 bits per heavy atom. The SMILES string of the molecule is CNCC1CCCN1C(=O)Cc1csc(-c2cccc(F)c2)n1.Cl.Cl. The van der Waals surface area contributed by atoms with Crippen molar-refractivity contribution in [2.45, 2.75) is 25.3 Å². The average molecular weight is 406 g/mol. The van der Waals surface area contributed by atoms with Gasteiger partial charge in [0.2, 0.25) is 5.91 Å². The lowest BCUT2D eigenvalue weighted by molar-refractivity contribution is -0.131. The van der Waals surface area contributed by atoms with Gasteiger partial charge in [-0.2, -0.15) is 0 Å². The van der Waals surface area contributed by atoms with Gasteiger partial charge >= 0.3 is 0 Å². The maximum Gasteiger partial charge on any atom is 0.228 e. The molecule has 2 heterocycles. The third kappa shape index (κ3) is 5.38. The van der Waals surface area contributed by atoms with Gasteiger partial charge in [-0.3, -0.25) is 4.79 Å². The molecule has 0 aliphatic carbocycles. The van der Waals surface area contributed by atoms with Gasteiger partial charge in [-0.05, 0) is 32.0 Å². The van der Waals surface area contributed by atoms with Gasteiger partial charge in [0.25, 0.3) is 0 Å². The number of likely N-dealkylation sites (N-methyl/N-ethyl adjacent to an activating group) is 1. The molecular weight excluding hydrogens is 384 g/mol. The smallest absolute Gasteiger partial charge is 0.228 e. The number of aromatic nitrogens is 1. The molecule has 0 radical (unpaired) electrons. The molecule has 8 heteroatoms. The number of halogens is 3. The lowest BCUT2D eigenvalue weighted by Gasteiger charge is -2.24. The first kappa shape index (κ1) is 21.8. The average Bonchev–Trinajstić information content (AvgIpc) is 3.17. The standard InChI is InChI=1S/C17H20FN3OS.2ClH/c1-19-10-15-6-3-7-21(15)16(22)9-14-11-23-17(20-14)12-4-2-5-13(18)8-12;;/h2,4-5,8,11,15,19H,3,6-7,9-10H2,1H3;2*1H. The molecule has 1 aromatic carbocycles. The van der Waals surface area contributed by atoms with Gasteiger partial charge in [0, 0.05) is 30.1 Å². The third-order valence-electron chi connectivity index (χ3n) is 4.09. The summed E-state index contributed by atoms with van der Waals surface area (Å²) in [5.74, 6) is -0.152. The molecule has 138 valence electrons. The summed E-state index contributed by atoms with van der Waals surface area (Å²) < 4.78 is 13.3. The summed E-state index contributed by atoms with van der Waals surface area (Å²) >= 11 is 1.45. The summed E-state index contributed by atoms with van der Waals surface area (Å²) in [5, 5.41) is 5.79. The minimum atomic E-state index is -0.276. The van der Waals surface area contributed by atoms with E-state index < -0.39 is 0 Å². The summed E-state index contributed by atoms with van der Waals surface area (Å²) in [6, 6.07) is 6.67. The maximum atomic E-state index is 13.3. The molecule has 1 amide bonds. The Morgan fingerprint density at radius 1 is 1.44 bits per heavy atom. The molecule has 1 saturated heterocycles. The largest absolute Gasteiger partial charge is 0.338 e. The highest BCUT2D eigenvalue weighted by atomic mass is 35.5. The van der Waals surface area contributed by atoms with Crippen molar-refractivity contribution in [2.75, 3.05) is 20.1 Å². The first-order valence-electron chi connectivity index (χ1n) is 7.82. The molecule has 1 aliphatic rings. The molecule has 1 atom stereocenters. The van der Waals surface area contributed by atoms with Crippen LogP contribution in [0, 0.1) is 5.82 Å². The van der Waals surface area contributed by atoms with Crippen LogP contribution in [0.4, 0.5) is 4.39 Å². The van der Waals surface area contributed by atoms with E-state index in [0.29, 0.717) is 6.42 Å². The number of rotatable bonds is 5. The van der Waals surface area contributed by atoms with Gasteiger partial charge < -0.3 is 10.2 Å². The number of hydrogen-bond donors (Lipinski definition) is 1. The van der Waals surface area contributed by atoms with Crippen molar-refractivity contribution < 1.29 is 9.18 Å². The van der Waals surface area contributed by atoms with Crippen molar-refractivity contribution in [3.8, 4) is 10.6 Å². The Morgan fingerprint density at radius 3 is 2.96 bits per heavy atom. The van der Waals surface area contributed by atoms with Gasteiger partial charge in [0.15, 0.2) is 0 Å². The van der Waals surface area contributed by atoms with Gasteiger partial charge in [-0.15, -0.1) is 36.2 Å². The molecule has 4 nitrogen and oxygen atoms in total. The molecule has 3 rings (SSSR count). The fourth-order valence-electron chi connectivity index (χ4n) is 3.01. The number of benzene rings is 1. The van der Waals surface area contributed by atoms with Crippen LogP contribution in [0.15, 0.2) is 29.6 Å². The van der Waals surface area contributed by atoms with Crippen molar-refractivity contribution >= 4 is 42.1 Å². The number of likely N-dealkylation sites (tertiary alicyclic amines) is 1. The number of thiazole rings is 1. The van der Waals surface area contributed by atoms with E-state index in [1.807, 2.05) is 23.4 Å². The maximum absolute atomic E-state index is 13.3. The summed E-state index contributed by atoms with van der Waals surface area (Å²) in [6.45, 7) is 1.66. The first-order chi connectivity index (χ1) is 11.2. The molecule has 1 unspecified atom stereocenters. The van der Waals surface area contributed by atoms with E-state index in [0.717, 1.165) is 42.2 Å². The van der Waals surface area contributed by atoms with Crippen LogP contribution in [0.5, 0.6) is 0 Å². The van der Waals surface area contributed by atoms with Gasteiger partial charge in [-0.25, -0.2) is 9.37 Å². The van der Waals surface area contributed by atoms with Gasteiger partial charge in [-0.1, -0.05) is 12.1 Å². The van der Waals surface area contributed by atoms with E-state index >= 15 is 0 Å². The Kier molecular flexibility index (Phi) is 8.79. The molecule has 0 bridgehead atoms. The second-order valence-electron chi connectivity index (χ2n) is 5.77. The van der Waals surface area contributed by atoms with Crippen LogP contribution in [0.1, 0.15) is 18.5 Å². The monoisotopic (exact) mass is 405 g/mol. The number of carbonyl (C=O) groups excluding carboxylic acids is 1. The van der Waals surface area contributed by atoms with E-state index in [4.69, 9.17) is 0 Å². The lowest BCUT2D eigenvalue weighted by atomic mass is 10.2. The van der Waals surface area contributed by atoms with Crippen molar-refractivity contribution in [3.63, 3.8) is 0 Å². The van der Waals surface area contributed by atoms with Crippen molar-refractivity contribution in [3.05, 3.63) is 41.2 Å². The number of nitrogens with one attached hydrogen (secondary N) is 1. The zero-order valence-electron chi connectivity index (χ0n) is 13.9. The fourth-order valence-corrected chi connectivity index (χ4v) is 3.83. The number of nitrogens with zero attached hydrogens (tertiary/aromatic N) is 2. The normalized spacial score (nSPS) is 16.2. The second-order valence-corrected chi connectivity index (χ2v) is 6.63. The minimum Gasteiger partial charge on any atom is -0.338 e. The van der Waals surface area contributed by atoms with Crippen LogP contribution in [0.25, 0.3) is 10.6 Å². The fraction of sp³-hybridized carbons (Fsp3) is 0.412. The zero-order valence-corrected chi connectivity index (χ0v) is 16.4. The topological polar surface area (TPSA) is 45.2 Å². The minimum absolute atomic E-state index is 0. The second kappa shape index (κ2) is 10.1. The van der Waals surface area contributed by atoms with Gasteiger partial charge in [0.05, 0.1) is 12.1 Å². The summed E-state index contributed by atoms with van der Waals surface area (Å²) in [4.78, 5) is 19.0. The van der Waals surface area contributed by atoms with Crippen LogP contribution in [0.2, 0.25) is 0 Å². The third-order valence-corrected chi connectivity index (χ3v) is 5.03. The highest BCUT2D eigenvalue weighted by Crippen LogP contribution is 2.25.